The fraction of sp³-hybridized carbons (Fsp3) is 0.100. The number of aliphatic carboxylic acids is 1. The van der Waals surface area contributed by atoms with Crippen LogP contribution in [0, 0.1) is 0 Å². The summed E-state index contributed by atoms with van der Waals surface area (Å²) in [5.41, 5.74) is 0.463. The Morgan fingerprint density at radius 3 is 2.88 bits per heavy atom. The van der Waals surface area contributed by atoms with Crippen LogP contribution < -0.4 is 4.84 Å². The van der Waals surface area contributed by atoms with Crippen LogP contribution in [-0.2, 0) is 4.79 Å². The van der Waals surface area contributed by atoms with E-state index in [1.54, 1.807) is 24.4 Å². The van der Waals surface area contributed by atoms with Crippen LogP contribution in [0.1, 0.15) is 11.7 Å². The third kappa shape index (κ3) is 2.17. The van der Waals surface area contributed by atoms with Gasteiger partial charge in [-0.15, -0.1) is 9.94 Å². The highest BCUT2D eigenvalue weighted by Gasteiger charge is 2.22. The second kappa shape index (κ2) is 4.43. The van der Waals surface area contributed by atoms with Crippen molar-refractivity contribution in [2.75, 3.05) is 0 Å². The summed E-state index contributed by atoms with van der Waals surface area (Å²) >= 11 is 0. The molecule has 0 spiro atoms. The maximum Gasteiger partial charge on any atom is 0.352 e. The van der Waals surface area contributed by atoms with E-state index in [2.05, 4.69) is 10.1 Å². The number of carboxylic acid groups (broad SMARTS) is 1. The summed E-state index contributed by atoms with van der Waals surface area (Å²) in [6, 6.07) is 4.93. The molecule has 0 bridgehead atoms. The van der Waals surface area contributed by atoms with E-state index in [0.717, 1.165) is 4.85 Å². The van der Waals surface area contributed by atoms with E-state index >= 15 is 0 Å². The molecule has 1 unspecified atom stereocenters. The molecule has 6 heteroatoms. The van der Waals surface area contributed by atoms with E-state index < -0.39 is 12.1 Å². The van der Waals surface area contributed by atoms with Gasteiger partial charge in [0, 0.05) is 18.0 Å². The molecule has 1 atom stereocenters. The number of aromatic nitrogens is 3. The Kier molecular flexibility index (Phi) is 2.81. The molecule has 0 saturated heterocycles. The van der Waals surface area contributed by atoms with Crippen LogP contribution in [0.5, 0.6) is 0 Å². The molecule has 82 valence electrons. The molecule has 0 fully saturated rings. The zero-order chi connectivity index (χ0) is 11.4. The molecular weight excluding hydrogens is 210 g/mol. The molecule has 0 saturated carbocycles. The molecular formula is C10H9N3O3. The van der Waals surface area contributed by atoms with Gasteiger partial charge in [-0.3, -0.25) is 4.98 Å². The SMILES string of the molecule is O=C(O)C(On1cccn1)c1cccnc1. The number of carboxylic acids is 1. The van der Waals surface area contributed by atoms with Gasteiger partial charge in [0.15, 0.2) is 0 Å². The van der Waals surface area contributed by atoms with Gasteiger partial charge in [0.25, 0.3) is 0 Å². The molecule has 0 aliphatic carbocycles. The summed E-state index contributed by atoms with van der Waals surface area (Å²) in [7, 11) is 0. The quantitative estimate of drug-likeness (QED) is 0.811. The Morgan fingerprint density at radius 2 is 2.31 bits per heavy atom. The molecule has 0 aromatic carbocycles. The van der Waals surface area contributed by atoms with Crippen LogP contribution in [0.3, 0.4) is 0 Å². The highest BCUT2D eigenvalue weighted by atomic mass is 16.7. The lowest BCUT2D eigenvalue weighted by Gasteiger charge is -2.13. The molecule has 0 radical (unpaired) electrons. The van der Waals surface area contributed by atoms with E-state index in [1.165, 1.54) is 18.6 Å². The summed E-state index contributed by atoms with van der Waals surface area (Å²) in [5.74, 6) is -1.09. The first kappa shape index (κ1) is 10.2. The number of carbonyl (C=O) groups is 1. The second-order valence-corrected chi connectivity index (χ2v) is 3.02. The summed E-state index contributed by atoms with van der Waals surface area (Å²) < 4.78 is 0. The van der Waals surface area contributed by atoms with Gasteiger partial charge in [-0.1, -0.05) is 6.07 Å². The molecule has 2 heterocycles. The summed E-state index contributed by atoms with van der Waals surface area (Å²) in [6.45, 7) is 0. The van der Waals surface area contributed by atoms with Crippen molar-refractivity contribution in [3.8, 4) is 0 Å². The molecule has 16 heavy (non-hydrogen) atoms. The minimum atomic E-state index is -1.12. The average Bonchev–Trinajstić information content (AvgIpc) is 2.79. The normalized spacial score (nSPS) is 12.0. The Morgan fingerprint density at radius 1 is 1.44 bits per heavy atom. The third-order valence-electron chi connectivity index (χ3n) is 1.90. The van der Waals surface area contributed by atoms with Gasteiger partial charge in [-0.25, -0.2) is 4.79 Å². The van der Waals surface area contributed by atoms with E-state index in [-0.39, 0.29) is 0 Å². The van der Waals surface area contributed by atoms with Crippen molar-refractivity contribution in [1.82, 2.24) is 14.9 Å². The Hall–Kier alpha value is -2.37. The van der Waals surface area contributed by atoms with E-state index in [1.807, 2.05) is 0 Å². The van der Waals surface area contributed by atoms with Gasteiger partial charge < -0.3 is 9.94 Å². The van der Waals surface area contributed by atoms with Gasteiger partial charge in [-0.05, 0) is 12.1 Å². The Labute approximate surface area is 91.1 Å². The van der Waals surface area contributed by atoms with E-state index in [4.69, 9.17) is 9.94 Å². The van der Waals surface area contributed by atoms with Crippen LogP contribution in [0.4, 0.5) is 0 Å². The largest absolute Gasteiger partial charge is 0.478 e. The average molecular weight is 219 g/mol. The monoisotopic (exact) mass is 219 g/mol. The van der Waals surface area contributed by atoms with Gasteiger partial charge in [0.2, 0.25) is 6.10 Å². The summed E-state index contributed by atoms with van der Waals surface area (Å²) in [5, 5.41) is 12.8. The number of hydrogen-bond donors (Lipinski definition) is 1. The summed E-state index contributed by atoms with van der Waals surface area (Å²) in [6.07, 6.45) is 4.92. The molecule has 0 aliphatic rings. The Balaban J connectivity index is 2.22. The van der Waals surface area contributed by atoms with Crippen molar-refractivity contribution >= 4 is 5.97 Å². The van der Waals surface area contributed by atoms with Crippen molar-refractivity contribution < 1.29 is 14.7 Å². The number of nitrogens with zero attached hydrogens (tertiary/aromatic N) is 3. The molecule has 1 N–H and O–H groups in total. The lowest BCUT2D eigenvalue weighted by atomic mass is 10.2. The first-order valence-electron chi connectivity index (χ1n) is 4.57. The van der Waals surface area contributed by atoms with Gasteiger partial charge in [0.05, 0.1) is 12.4 Å². The standard InChI is InChI=1S/C10H9N3O3/c14-10(15)9(8-3-1-4-11-7-8)16-13-6-2-5-12-13/h1-7,9H,(H,14,15). The maximum atomic E-state index is 11.0. The van der Waals surface area contributed by atoms with Crippen molar-refractivity contribution in [2.24, 2.45) is 0 Å². The molecule has 6 nitrogen and oxygen atoms in total. The van der Waals surface area contributed by atoms with Crippen LogP contribution in [0.15, 0.2) is 43.0 Å². The lowest BCUT2D eigenvalue weighted by molar-refractivity contribution is -0.152. The number of hydrogen-bond acceptors (Lipinski definition) is 4. The van der Waals surface area contributed by atoms with Crippen molar-refractivity contribution in [3.63, 3.8) is 0 Å². The minimum Gasteiger partial charge on any atom is -0.478 e. The summed E-state index contributed by atoms with van der Waals surface area (Å²) in [4.78, 5) is 21.1. The second-order valence-electron chi connectivity index (χ2n) is 3.02. The van der Waals surface area contributed by atoms with Gasteiger partial charge in [0.1, 0.15) is 0 Å². The van der Waals surface area contributed by atoms with Crippen molar-refractivity contribution in [3.05, 3.63) is 48.5 Å². The first-order chi connectivity index (χ1) is 7.77. The van der Waals surface area contributed by atoms with Crippen LogP contribution >= 0.6 is 0 Å². The highest BCUT2D eigenvalue weighted by Crippen LogP contribution is 2.13. The van der Waals surface area contributed by atoms with Gasteiger partial charge in [-0.2, -0.15) is 0 Å². The molecule has 2 aromatic rings. The highest BCUT2D eigenvalue weighted by molar-refractivity contribution is 5.74. The first-order valence-corrected chi connectivity index (χ1v) is 4.57. The predicted octanol–water partition coefficient (Wildman–Crippen LogP) is 0.533. The van der Waals surface area contributed by atoms with Gasteiger partial charge >= 0.3 is 5.97 Å². The van der Waals surface area contributed by atoms with Crippen LogP contribution in [-0.4, -0.2) is 26.0 Å². The molecule has 2 aromatic heterocycles. The number of pyridine rings is 1. The minimum absolute atomic E-state index is 0.463. The number of rotatable bonds is 4. The van der Waals surface area contributed by atoms with E-state index in [9.17, 15) is 4.79 Å². The van der Waals surface area contributed by atoms with Crippen molar-refractivity contribution in [1.29, 1.82) is 0 Å². The molecule has 0 amide bonds. The van der Waals surface area contributed by atoms with Crippen LogP contribution in [0.25, 0.3) is 0 Å². The van der Waals surface area contributed by atoms with Crippen molar-refractivity contribution in [2.45, 2.75) is 6.10 Å². The topological polar surface area (TPSA) is 77.2 Å². The third-order valence-corrected chi connectivity index (χ3v) is 1.90. The molecule has 0 aliphatic heterocycles. The molecule has 2 rings (SSSR count). The fourth-order valence-electron chi connectivity index (χ4n) is 1.20. The fourth-order valence-corrected chi connectivity index (χ4v) is 1.20. The zero-order valence-electron chi connectivity index (χ0n) is 8.22. The lowest BCUT2D eigenvalue weighted by Crippen LogP contribution is -2.25. The zero-order valence-corrected chi connectivity index (χ0v) is 8.22. The van der Waals surface area contributed by atoms with Crippen LogP contribution in [0.2, 0.25) is 0 Å². The smallest absolute Gasteiger partial charge is 0.352 e. The van der Waals surface area contributed by atoms with E-state index in [0.29, 0.717) is 5.56 Å². The predicted molar refractivity (Wildman–Crippen MR) is 53.4 cm³/mol. The maximum absolute atomic E-state index is 11.0. The Bertz CT molecular complexity index is 455.